The third-order valence-electron chi connectivity index (χ3n) is 5.36. The molecule has 7 nitrogen and oxygen atoms in total. The van der Waals surface area contributed by atoms with E-state index in [4.69, 9.17) is 14.2 Å². The molecule has 1 aliphatic carbocycles. The van der Waals surface area contributed by atoms with Crippen molar-refractivity contribution in [1.82, 2.24) is 5.06 Å². The molecule has 1 spiro atoms. The van der Waals surface area contributed by atoms with Crippen molar-refractivity contribution in [3.05, 3.63) is 0 Å². The molecule has 3 rings (SSSR count). The molecule has 21 heavy (non-hydrogen) atoms. The number of β-lactam (4-membered cyclic amide) rings is 1. The summed E-state index contributed by atoms with van der Waals surface area (Å²) in [7, 11) is 0. The minimum atomic E-state index is -1.05. The average molecular weight is 301 g/mol. The Hall–Kier alpha value is -0.730. The molecule has 0 radical (unpaired) electrons. The Morgan fingerprint density at radius 2 is 2.24 bits per heavy atom. The Morgan fingerprint density at radius 1 is 1.52 bits per heavy atom. The molecule has 0 bridgehead atoms. The minimum Gasteiger partial charge on any atom is -0.388 e. The van der Waals surface area contributed by atoms with Crippen LogP contribution in [0.1, 0.15) is 33.6 Å². The van der Waals surface area contributed by atoms with E-state index in [0.29, 0.717) is 11.7 Å². The van der Waals surface area contributed by atoms with Crippen molar-refractivity contribution in [3.8, 4) is 0 Å². The van der Waals surface area contributed by atoms with Gasteiger partial charge in [0.25, 0.3) is 0 Å². The second-order valence-electron chi connectivity index (χ2n) is 6.43. The van der Waals surface area contributed by atoms with Gasteiger partial charge in [0.2, 0.25) is 5.91 Å². The van der Waals surface area contributed by atoms with Crippen LogP contribution in [0.15, 0.2) is 0 Å². The molecule has 2 heterocycles. The summed E-state index contributed by atoms with van der Waals surface area (Å²) in [4.78, 5) is 11.5. The Morgan fingerprint density at radius 3 is 2.81 bits per heavy atom. The van der Waals surface area contributed by atoms with Crippen molar-refractivity contribution in [2.75, 3.05) is 13.4 Å². The number of aliphatic hydroxyl groups is 1. The quantitative estimate of drug-likeness (QED) is 0.575. The standard InChI is InChI=1S/C14H23NO6/c1-4-5-19-11-8(2)14(6-9(16)15(14)18)10(17)12-13(11,3)21-7-20-12/h8,10-12,17-18H,4-7H2,1-3H3/t8-,10-,11+,12+,13-,14?/m1/s1. The van der Waals surface area contributed by atoms with Gasteiger partial charge >= 0.3 is 0 Å². The fourth-order valence-electron chi connectivity index (χ4n) is 4.09. The first-order valence-corrected chi connectivity index (χ1v) is 7.46. The van der Waals surface area contributed by atoms with Crippen molar-refractivity contribution in [2.45, 2.75) is 63.1 Å². The van der Waals surface area contributed by atoms with E-state index in [1.807, 2.05) is 20.8 Å². The molecule has 3 fully saturated rings. The van der Waals surface area contributed by atoms with Crippen LogP contribution in [0.4, 0.5) is 0 Å². The molecule has 3 aliphatic rings. The minimum absolute atomic E-state index is 0.0758. The molecule has 0 aromatic carbocycles. The molecule has 1 amide bonds. The lowest BCUT2D eigenvalue weighted by Crippen LogP contribution is -2.81. The first kappa shape index (κ1) is 15.2. The largest absolute Gasteiger partial charge is 0.388 e. The van der Waals surface area contributed by atoms with E-state index in [1.165, 1.54) is 0 Å². The maximum absolute atomic E-state index is 11.5. The van der Waals surface area contributed by atoms with E-state index in [-0.39, 0.29) is 25.2 Å². The molecule has 1 saturated carbocycles. The van der Waals surface area contributed by atoms with Gasteiger partial charge in [-0.05, 0) is 13.3 Å². The van der Waals surface area contributed by atoms with Crippen molar-refractivity contribution in [2.24, 2.45) is 5.92 Å². The number of carbonyl (C=O) groups excluding carboxylic acids is 1. The van der Waals surface area contributed by atoms with Gasteiger partial charge < -0.3 is 19.3 Å². The van der Waals surface area contributed by atoms with Crippen LogP contribution in [0, 0.1) is 5.92 Å². The molecule has 120 valence electrons. The highest BCUT2D eigenvalue weighted by Crippen LogP contribution is 2.53. The molecular weight excluding hydrogens is 278 g/mol. The normalized spacial score (nSPS) is 49.4. The van der Waals surface area contributed by atoms with Gasteiger partial charge in [0, 0.05) is 12.5 Å². The van der Waals surface area contributed by atoms with Crippen molar-refractivity contribution in [3.63, 3.8) is 0 Å². The molecule has 1 unspecified atom stereocenters. The molecular formula is C14H23NO6. The number of amides is 1. The Balaban J connectivity index is 1.97. The van der Waals surface area contributed by atoms with E-state index in [0.717, 1.165) is 6.42 Å². The number of ether oxygens (including phenoxy) is 3. The summed E-state index contributed by atoms with van der Waals surface area (Å²) in [5.74, 6) is -0.664. The second-order valence-corrected chi connectivity index (χ2v) is 6.43. The zero-order valence-electron chi connectivity index (χ0n) is 12.6. The summed E-state index contributed by atoms with van der Waals surface area (Å²) in [5, 5.41) is 21.4. The summed E-state index contributed by atoms with van der Waals surface area (Å²) in [6.07, 6.45) is -1.06. The highest BCUT2D eigenvalue weighted by atomic mass is 16.7. The average Bonchev–Trinajstić information content (AvgIpc) is 2.85. The lowest BCUT2D eigenvalue weighted by atomic mass is 9.58. The fraction of sp³-hybridized carbons (Fsp3) is 0.929. The summed E-state index contributed by atoms with van der Waals surface area (Å²) >= 11 is 0. The van der Waals surface area contributed by atoms with Gasteiger partial charge in [0.05, 0.1) is 12.5 Å². The van der Waals surface area contributed by atoms with Gasteiger partial charge in [-0.3, -0.25) is 10.0 Å². The SMILES string of the molecule is CCCO[C@H]1[C@@H](C)C2(CC(=O)N2O)[C@H](O)[C@@H]2OCO[C@]12C. The van der Waals surface area contributed by atoms with Crippen molar-refractivity contribution >= 4 is 5.91 Å². The zero-order valence-corrected chi connectivity index (χ0v) is 12.6. The molecule has 2 saturated heterocycles. The van der Waals surface area contributed by atoms with Crippen LogP contribution in [-0.4, -0.2) is 64.1 Å². The Bertz CT molecular complexity index is 445. The molecule has 0 aromatic rings. The number of hydroxylamine groups is 2. The highest BCUT2D eigenvalue weighted by molar-refractivity contribution is 5.84. The van der Waals surface area contributed by atoms with Gasteiger partial charge in [-0.15, -0.1) is 0 Å². The van der Waals surface area contributed by atoms with Gasteiger partial charge in [-0.2, -0.15) is 0 Å². The molecule has 6 atom stereocenters. The third-order valence-corrected chi connectivity index (χ3v) is 5.36. The number of carbonyl (C=O) groups is 1. The summed E-state index contributed by atoms with van der Waals surface area (Å²) in [6.45, 7) is 6.37. The number of nitrogens with zero attached hydrogens (tertiary/aromatic N) is 1. The third kappa shape index (κ3) is 1.75. The number of aliphatic hydroxyl groups excluding tert-OH is 1. The monoisotopic (exact) mass is 301 g/mol. The predicted molar refractivity (Wildman–Crippen MR) is 70.4 cm³/mol. The molecule has 7 heteroatoms. The van der Waals surface area contributed by atoms with Crippen LogP contribution in [0.2, 0.25) is 0 Å². The van der Waals surface area contributed by atoms with E-state index in [9.17, 15) is 15.1 Å². The van der Waals surface area contributed by atoms with Crippen molar-refractivity contribution < 1.29 is 29.3 Å². The summed E-state index contributed by atoms with van der Waals surface area (Å²) in [5.41, 5.74) is -1.83. The zero-order chi connectivity index (χ0) is 15.4. The molecule has 0 aromatic heterocycles. The lowest BCUT2D eigenvalue weighted by molar-refractivity contribution is -0.313. The van der Waals surface area contributed by atoms with Crippen LogP contribution < -0.4 is 0 Å². The maximum Gasteiger partial charge on any atom is 0.249 e. The first-order chi connectivity index (χ1) is 9.89. The summed E-state index contributed by atoms with van der Waals surface area (Å²) < 4.78 is 17.2. The van der Waals surface area contributed by atoms with Gasteiger partial charge in [-0.1, -0.05) is 13.8 Å². The van der Waals surface area contributed by atoms with E-state index in [2.05, 4.69) is 0 Å². The van der Waals surface area contributed by atoms with Gasteiger partial charge in [-0.25, -0.2) is 5.06 Å². The fourth-order valence-corrected chi connectivity index (χ4v) is 4.09. The van der Waals surface area contributed by atoms with E-state index in [1.54, 1.807) is 0 Å². The second kappa shape index (κ2) is 4.89. The first-order valence-electron chi connectivity index (χ1n) is 7.46. The number of hydrogen-bond donors (Lipinski definition) is 2. The van der Waals surface area contributed by atoms with Gasteiger partial charge in [0.15, 0.2) is 0 Å². The van der Waals surface area contributed by atoms with E-state index >= 15 is 0 Å². The number of hydrogen-bond acceptors (Lipinski definition) is 6. The smallest absolute Gasteiger partial charge is 0.249 e. The van der Waals surface area contributed by atoms with Crippen molar-refractivity contribution in [1.29, 1.82) is 0 Å². The number of rotatable bonds is 3. The number of fused-ring (bicyclic) bond motifs is 1. The van der Waals surface area contributed by atoms with Crippen LogP contribution >= 0.6 is 0 Å². The predicted octanol–water partition coefficient (Wildman–Crippen LogP) is 0.284. The van der Waals surface area contributed by atoms with Crippen LogP contribution in [-0.2, 0) is 19.0 Å². The highest BCUT2D eigenvalue weighted by Gasteiger charge is 2.72. The summed E-state index contributed by atoms with van der Waals surface area (Å²) in [6, 6.07) is 0. The lowest BCUT2D eigenvalue weighted by Gasteiger charge is -2.62. The Kier molecular flexibility index (Phi) is 3.53. The van der Waals surface area contributed by atoms with Crippen LogP contribution in [0.3, 0.4) is 0 Å². The van der Waals surface area contributed by atoms with Crippen LogP contribution in [0.25, 0.3) is 0 Å². The van der Waals surface area contributed by atoms with E-state index < -0.39 is 29.3 Å². The van der Waals surface area contributed by atoms with Gasteiger partial charge in [0.1, 0.15) is 30.1 Å². The molecule has 2 aliphatic heterocycles. The Labute approximate surface area is 123 Å². The van der Waals surface area contributed by atoms with Crippen LogP contribution in [0.5, 0.6) is 0 Å². The topological polar surface area (TPSA) is 88.5 Å². The molecule has 2 N–H and O–H groups in total. The maximum atomic E-state index is 11.5.